The van der Waals surface area contributed by atoms with Crippen molar-refractivity contribution in [2.24, 2.45) is 5.92 Å². The quantitative estimate of drug-likeness (QED) is 0.810. The Morgan fingerprint density at radius 1 is 1.12 bits per heavy atom. The SMILES string of the molecule is CC(C)(C)OC(=O)N[C@@H](C(=O)NCCc1ccccc1)C1CCCCC1. The molecule has 1 atom stereocenters. The van der Waals surface area contributed by atoms with Gasteiger partial charge in [-0.1, -0.05) is 49.6 Å². The Kier molecular flexibility index (Phi) is 7.49. The van der Waals surface area contributed by atoms with Crippen molar-refractivity contribution in [1.29, 1.82) is 0 Å². The van der Waals surface area contributed by atoms with E-state index in [1.165, 1.54) is 12.0 Å². The van der Waals surface area contributed by atoms with Crippen LogP contribution in [0.3, 0.4) is 0 Å². The molecule has 144 valence electrons. The standard InChI is InChI=1S/C21H32N2O3/c1-21(2,3)26-20(25)23-18(17-12-8-5-9-13-17)19(24)22-15-14-16-10-6-4-7-11-16/h4,6-7,10-11,17-18H,5,8-9,12-15H2,1-3H3,(H,22,24)(H,23,25)/t18-/m1/s1. The van der Waals surface area contributed by atoms with Gasteiger partial charge in [0.25, 0.3) is 0 Å². The smallest absolute Gasteiger partial charge is 0.408 e. The van der Waals surface area contributed by atoms with Gasteiger partial charge in [-0.2, -0.15) is 0 Å². The Hall–Kier alpha value is -2.04. The van der Waals surface area contributed by atoms with Gasteiger partial charge in [-0.3, -0.25) is 4.79 Å². The van der Waals surface area contributed by atoms with E-state index < -0.39 is 17.7 Å². The minimum atomic E-state index is -0.578. The van der Waals surface area contributed by atoms with Crippen LogP contribution in [0.25, 0.3) is 0 Å². The molecule has 1 aromatic rings. The number of carbonyl (C=O) groups excluding carboxylic acids is 2. The largest absolute Gasteiger partial charge is 0.444 e. The molecule has 5 heteroatoms. The number of carbonyl (C=O) groups is 2. The molecule has 2 N–H and O–H groups in total. The molecule has 0 bridgehead atoms. The van der Waals surface area contributed by atoms with Gasteiger partial charge < -0.3 is 15.4 Å². The number of hydrogen-bond donors (Lipinski definition) is 2. The fraction of sp³-hybridized carbons (Fsp3) is 0.619. The van der Waals surface area contributed by atoms with Gasteiger partial charge in [0, 0.05) is 6.54 Å². The van der Waals surface area contributed by atoms with Crippen molar-refractivity contribution < 1.29 is 14.3 Å². The van der Waals surface area contributed by atoms with Gasteiger partial charge in [0.2, 0.25) is 5.91 Å². The number of amides is 2. The molecule has 2 rings (SSSR count). The molecule has 0 heterocycles. The first kappa shape index (κ1) is 20.3. The highest BCUT2D eigenvalue weighted by Crippen LogP contribution is 2.27. The molecule has 0 aromatic heterocycles. The van der Waals surface area contributed by atoms with Gasteiger partial charge in [0.1, 0.15) is 11.6 Å². The third kappa shape index (κ3) is 7.06. The second-order valence-corrected chi connectivity index (χ2v) is 8.05. The lowest BCUT2D eigenvalue weighted by Gasteiger charge is -2.31. The molecule has 26 heavy (non-hydrogen) atoms. The van der Waals surface area contributed by atoms with E-state index in [4.69, 9.17) is 4.74 Å². The molecule has 0 spiro atoms. The zero-order valence-corrected chi connectivity index (χ0v) is 16.2. The van der Waals surface area contributed by atoms with Crippen LogP contribution in [0.1, 0.15) is 58.4 Å². The lowest BCUT2D eigenvalue weighted by molar-refractivity contribution is -0.124. The molecule has 1 saturated carbocycles. The van der Waals surface area contributed by atoms with E-state index in [9.17, 15) is 9.59 Å². The lowest BCUT2D eigenvalue weighted by Crippen LogP contribution is -2.52. The molecule has 1 aromatic carbocycles. The Balaban J connectivity index is 1.93. The molecular formula is C21H32N2O3. The second-order valence-electron chi connectivity index (χ2n) is 8.05. The van der Waals surface area contributed by atoms with E-state index in [0.717, 1.165) is 32.1 Å². The molecule has 5 nitrogen and oxygen atoms in total. The zero-order valence-electron chi connectivity index (χ0n) is 16.2. The fourth-order valence-corrected chi connectivity index (χ4v) is 3.38. The van der Waals surface area contributed by atoms with Gasteiger partial charge in [-0.25, -0.2) is 4.79 Å². The van der Waals surface area contributed by atoms with E-state index >= 15 is 0 Å². The average Bonchev–Trinajstić information content (AvgIpc) is 2.60. The van der Waals surface area contributed by atoms with Crippen molar-refractivity contribution in [3.05, 3.63) is 35.9 Å². The Morgan fingerprint density at radius 3 is 2.38 bits per heavy atom. The molecule has 2 amide bonds. The van der Waals surface area contributed by atoms with Crippen molar-refractivity contribution in [3.8, 4) is 0 Å². The molecule has 1 aliphatic carbocycles. The average molecular weight is 360 g/mol. The molecule has 0 saturated heterocycles. The van der Waals surface area contributed by atoms with Gasteiger partial charge in [-0.15, -0.1) is 0 Å². The highest BCUT2D eigenvalue weighted by molar-refractivity contribution is 5.86. The predicted octanol–water partition coefficient (Wildman–Crippen LogP) is 3.82. The highest BCUT2D eigenvalue weighted by atomic mass is 16.6. The van der Waals surface area contributed by atoms with E-state index in [1.807, 2.05) is 51.1 Å². The lowest BCUT2D eigenvalue weighted by atomic mass is 9.83. The molecule has 1 fully saturated rings. The van der Waals surface area contributed by atoms with E-state index in [1.54, 1.807) is 0 Å². The monoisotopic (exact) mass is 360 g/mol. The predicted molar refractivity (Wildman–Crippen MR) is 103 cm³/mol. The summed E-state index contributed by atoms with van der Waals surface area (Å²) in [5, 5.41) is 5.81. The molecule has 0 aliphatic heterocycles. The van der Waals surface area contributed by atoms with Crippen LogP contribution < -0.4 is 10.6 Å². The van der Waals surface area contributed by atoms with Gasteiger partial charge >= 0.3 is 6.09 Å². The Labute approximate surface area is 156 Å². The van der Waals surface area contributed by atoms with Crippen LogP contribution in [0, 0.1) is 5.92 Å². The van der Waals surface area contributed by atoms with E-state index in [-0.39, 0.29) is 11.8 Å². The van der Waals surface area contributed by atoms with Crippen LogP contribution in [-0.4, -0.2) is 30.2 Å². The normalized spacial score (nSPS) is 16.6. The summed E-state index contributed by atoms with van der Waals surface area (Å²) < 4.78 is 5.35. The maximum atomic E-state index is 12.8. The van der Waals surface area contributed by atoms with Crippen molar-refractivity contribution in [3.63, 3.8) is 0 Å². The van der Waals surface area contributed by atoms with Crippen molar-refractivity contribution >= 4 is 12.0 Å². The highest BCUT2D eigenvalue weighted by Gasteiger charge is 2.32. The summed E-state index contributed by atoms with van der Waals surface area (Å²) in [6.45, 7) is 6.02. The van der Waals surface area contributed by atoms with Gasteiger partial charge in [0.05, 0.1) is 0 Å². The first-order valence-corrected chi connectivity index (χ1v) is 9.66. The maximum Gasteiger partial charge on any atom is 0.408 e. The number of benzene rings is 1. The van der Waals surface area contributed by atoms with Crippen molar-refractivity contribution in [2.45, 2.75) is 70.9 Å². The first-order valence-electron chi connectivity index (χ1n) is 9.66. The molecular weight excluding hydrogens is 328 g/mol. The van der Waals surface area contributed by atoms with Crippen LogP contribution in [0.15, 0.2) is 30.3 Å². The summed E-state index contributed by atoms with van der Waals surface area (Å²) in [5.74, 6) is 0.0617. The summed E-state index contributed by atoms with van der Waals surface area (Å²) in [6.07, 6.45) is 5.59. The van der Waals surface area contributed by atoms with Crippen molar-refractivity contribution in [1.82, 2.24) is 10.6 Å². The minimum Gasteiger partial charge on any atom is -0.444 e. The van der Waals surface area contributed by atoms with E-state index in [0.29, 0.717) is 6.54 Å². The number of ether oxygens (including phenoxy) is 1. The van der Waals surface area contributed by atoms with Crippen LogP contribution in [0.4, 0.5) is 4.79 Å². The van der Waals surface area contributed by atoms with Crippen molar-refractivity contribution in [2.75, 3.05) is 6.54 Å². The van der Waals surface area contributed by atoms with Crippen LogP contribution in [0.5, 0.6) is 0 Å². The summed E-state index contributed by atoms with van der Waals surface area (Å²) in [5.41, 5.74) is 0.604. The zero-order chi connectivity index (χ0) is 19.0. The van der Waals surface area contributed by atoms with Crippen LogP contribution >= 0.6 is 0 Å². The summed E-state index contributed by atoms with van der Waals surface area (Å²) in [4.78, 5) is 25.0. The third-order valence-corrected chi connectivity index (χ3v) is 4.63. The first-order chi connectivity index (χ1) is 12.3. The number of rotatable bonds is 6. The van der Waals surface area contributed by atoms with Crippen LogP contribution in [-0.2, 0) is 16.0 Å². The van der Waals surface area contributed by atoms with Gasteiger partial charge in [0.15, 0.2) is 0 Å². The second kappa shape index (κ2) is 9.60. The summed E-state index contributed by atoms with van der Waals surface area (Å²) in [6, 6.07) is 9.53. The number of nitrogens with one attached hydrogen (secondary N) is 2. The maximum absolute atomic E-state index is 12.8. The fourth-order valence-electron chi connectivity index (χ4n) is 3.38. The number of alkyl carbamates (subject to hydrolysis) is 1. The van der Waals surface area contributed by atoms with E-state index in [2.05, 4.69) is 10.6 Å². The third-order valence-electron chi connectivity index (χ3n) is 4.63. The van der Waals surface area contributed by atoms with Crippen LogP contribution in [0.2, 0.25) is 0 Å². The molecule has 0 unspecified atom stereocenters. The Morgan fingerprint density at radius 2 is 1.77 bits per heavy atom. The topological polar surface area (TPSA) is 67.4 Å². The van der Waals surface area contributed by atoms with Gasteiger partial charge in [-0.05, 0) is 51.5 Å². The molecule has 0 radical (unpaired) electrons. The summed E-state index contributed by atoms with van der Waals surface area (Å²) in [7, 11) is 0. The number of hydrogen-bond acceptors (Lipinski definition) is 3. The minimum absolute atomic E-state index is 0.112. The molecule has 1 aliphatic rings. The Bertz CT molecular complexity index is 575. The summed E-state index contributed by atoms with van der Waals surface area (Å²) >= 11 is 0.